The van der Waals surface area contributed by atoms with Crippen LogP contribution in [0.4, 0.5) is 5.69 Å². The Balaban J connectivity index is 1.70. The van der Waals surface area contributed by atoms with Crippen molar-refractivity contribution in [2.45, 2.75) is 6.92 Å². The Morgan fingerprint density at radius 3 is 2.34 bits per heavy atom. The standard InChI is InChI=1S/C22H18N4O3/c1-14-7-12-19(29-14)20-18(13-26(25-20)17-5-3-2-4-6-17)22(28)24-16-10-8-15(9-11-16)21(23)27/h2-13H,1H3,(H2,23,27)(H,24,28). The van der Waals surface area contributed by atoms with Crippen LogP contribution in [0.2, 0.25) is 0 Å². The molecule has 0 aliphatic heterocycles. The lowest BCUT2D eigenvalue weighted by atomic mass is 10.1. The van der Waals surface area contributed by atoms with Gasteiger partial charge in [-0.3, -0.25) is 9.59 Å². The maximum absolute atomic E-state index is 13.0. The first-order valence-electron chi connectivity index (χ1n) is 8.94. The summed E-state index contributed by atoms with van der Waals surface area (Å²) in [6.07, 6.45) is 1.66. The monoisotopic (exact) mass is 386 g/mol. The fourth-order valence-electron chi connectivity index (χ4n) is 2.91. The molecule has 2 aromatic carbocycles. The number of carbonyl (C=O) groups excluding carboxylic acids is 2. The minimum Gasteiger partial charge on any atom is -0.460 e. The van der Waals surface area contributed by atoms with Crippen LogP contribution in [0.25, 0.3) is 17.1 Å². The molecule has 0 aliphatic rings. The topological polar surface area (TPSA) is 103 Å². The van der Waals surface area contributed by atoms with Gasteiger partial charge < -0.3 is 15.5 Å². The van der Waals surface area contributed by atoms with Crippen molar-refractivity contribution in [1.82, 2.24) is 9.78 Å². The summed E-state index contributed by atoms with van der Waals surface area (Å²) >= 11 is 0. The number of aromatic nitrogens is 2. The first-order valence-corrected chi connectivity index (χ1v) is 8.94. The Morgan fingerprint density at radius 2 is 1.72 bits per heavy atom. The van der Waals surface area contributed by atoms with Gasteiger partial charge in [0.1, 0.15) is 11.5 Å². The number of anilines is 1. The van der Waals surface area contributed by atoms with E-state index in [1.165, 1.54) is 0 Å². The number of hydrogen-bond donors (Lipinski definition) is 2. The zero-order valence-corrected chi connectivity index (χ0v) is 15.6. The first kappa shape index (κ1) is 18.2. The fourth-order valence-corrected chi connectivity index (χ4v) is 2.91. The van der Waals surface area contributed by atoms with Crippen molar-refractivity contribution in [1.29, 1.82) is 0 Å². The highest BCUT2D eigenvalue weighted by Gasteiger charge is 2.21. The smallest absolute Gasteiger partial charge is 0.259 e. The van der Waals surface area contributed by atoms with Crippen molar-refractivity contribution in [3.05, 3.63) is 89.8 Å². The minimum atomic E-state index is -0.525. The molecule has 0 bridgehead atoms. The van der Waals surface area contributed by atoms with Gasteiger partial charge in [0.2, 0.25) is 5.91 Å². The van der Waals surface area contributed by atoms with Crippen LogP contribution in [-0.4, -0.2) is 21.6 Å². The number of nitrogens with two attached hydrogens (primary N) is 1. The van der Waals surface area contributed by atoms with E-state index in [1.807, 2.05) is 43.3 Å². The summed E-state index contributed by atoms with van der Waals surface area (Å²) in [5.41, 5.74) is 7.78. The third-order valence-corrected chi connectivity index (χ3v) is 4.38. The maximum Gasteiger partial charge on any atom is 0.259 e. The van der Waals surface area contributed by atoms with Gasteiger partial charge in [-0.2, -0.15) is 5.10 Å². The van der Waals surface area contributed by atoms with E-state index in [1.54, 1.807) is 41.2 Å². The number of primary amides is 1. The third-order valence-electron chi connectivity index (χ3n) is 4.38. The lowest BCUT2D eigenvalue weighted by Crippen LogP contribution is -2.13. The zero-order valence-electron chi connectivity index (χ0n) is 15.6. The average molecular weight is 386 g/mol. The number of para-hydroxylation sites is 1. The van der Waals surface area contributed by atoms with Crippen molar-refractivity contribution in [3.63, 3.8) is 0 Å². The molecular weight excluding hydrogens is 368 g/mol. The van der Waals surface area contributed by atoms with Crippen molar-refractivity contribution in [2.24, 2.45) is 5.73 Å². The number of amides is 2. The second kappa shape index (κ2) is 7.47. The number of nitrogens with zero attached hydrogens (tertiary/aromatic N) is 2. The average Bonchev–Trinajstić information content (AvgIpc) is 3.35. The number of benzene rings is 2. The first-order chi connectivity index (χ1) is 14.0. The number of hydrogen-bond acceptors (Lipinski definition) is 4. The fraction of sp³-hybridized carbons (Fsp3) is 0.0455. The molecule has 0 unspecified atom stereocenters. The van der Waals surface area contributed by atoms with Crippen LogP contribution in [0.15, 0.2) is 77.3 Å². The summed E-state index contributed by atoms with van der Waals surface area (Å²) in [5.74, 6) is 0.361. The number of nitrogens with one attached hydrogen (secondary N) is 1. The summed E-state index contributed by atoms with van der Waals surface area (Å²) in [6, 6.07) is 19.5. The lowest BCUT2D eigenvalue weighted by molar-refractivity contribution is 0.0998. The second-order valence-corrected chi connectivity index (χ2v) is 6.48. The highest BCUT2D eigenvalue weighted by atomic mass is 16.3. The van der Waals surface area contributed by atoms with Gasteiger partial charge in [-0.25, -0.2) is 4.68 Å². The predicted molar refractivity (Wildman–Crippen MR) is 109 cm³/mol. The molecule has 3 N–H and O–H groups in total. The molecule has 0 spiro atoms. The zero-order chi connectivity index (χ0) is 20.4. The molecule has 0 atom stereocenters. The number of aryl methyl sites for hydroxylation is 1. The Labute approximate surface area is 166 Å². The number of rotatable bonds is 5. The van der Waals surface area contributed by atoms with Crippen LogP contribution < -0.4 is 11.1 Å². The molecule has 0 radical (unpaired) electrons. The van der Waals surface area contributed by atoms with Crippen molar-refractivity contribution < 1.29 is 14.0 Å². The molecule has 2 heterocycles. The van der Waals surface area contributed by atoms with Gasteiger partial charge in [0, 0.05) is 17.4 Å². The summed E-state index contributed by atoms with van der Waals surface area (Å²) in [6.45, 7) is 1.83. The van der Waals surface area contributed by atoms with E-state index in [4.69, 9.17) is 10.2 Å². The van der Waals surface area contributed by atoms with Gasteiger partial charge in [0.05, 0.1) is 11.3 Å². The van der Waals surface area contributed by atoms with Gasteiger partial charge in [-0.15, -0.1) is 0 Å². The van der Waals surface area contributed by atoms with Crippen LogP contribution in [0, 0.1) is 6.92 Å². The molecule has 29 heavy (non-hydrogen) atoms. The Hall–Kier alpha value is -4.13. The van der Waals surface area contributed by atoms with E-state index >= 15 is 0 Å². The summed E-state index contributed by atoms with van der Waals surface area (Å²) in [5, 5.41) is 7.38. The van der Waals surface area contributed by atoms with Gasteiger partial charge in [0.15, 0.2) is 5.76 Å². The number of carbonyl (C=O) groups is 2. The molecule has 0 saturated carbocycles. The normalized spacial score (nSPS) is 10.7. The maximum atomic E-state index is 13.0. The van der Waals surface area contributed by atoms with Crippen LogP contribution in [0.5, 0.6) is 0 Å². The van der Waals surface area contributed by atoms with E-state index in [9.17, 15) is 9.59 Å². The summed E-state index contributed by atoms with van der Waals surface area (Å²) in [7, 11) is 0. The molecule has 2 aromatic heterocycles. The molecule has 7 heteroatoms. The highest BCUT2D eigenvalue weighted by molar-refractivity contribution is 6.08. The molecular formula is C22H18N4O3. The second-order valence-electron chi connectivity index (χ2n) is 6.48. The van der Waals surface area contributed by atoms with Crippen molar-refractivity contribution in [2.75, 3.05) is 5.32 Å². The molecule has 144 valence electrons. The Morgan fingerprint density at radius 1 is 1.00 bits per heavy atom. The van der Waals surface area contributed by atoms with E-state index in [2.05, 4.69) is 10.4 Å². The predicted octanol–water partition coefficient (Wildman–Crippen LogP) is 3.79. The molecule has 0 fully saturated rings. The summed E-state index contributed by atoms with van der Waals surface area (Å²) in [4.78, 5) is 24.2. The molecule has 4 rings (SSSR count). The Bertz CT molecular complexity index is 1170. The largest absolute Gasteiger partial charge is 0.460 e. The lowest BCUT2D eigenvalue weighted by Gasteiger charge is -2.05. The van der Waals surface area contributed by atoms with Gasteiger partial charge in [-0.05, 0) is 55.5 Å². The molecule has 2 amide bonds. The van der Waals surface area contributed by atoms with Crippen LogP contribution in [0.3, 0.4) is 0 Å². The summed E-state index contributed by atoms with van der Waals surface area (Å²) < 4.78 is 7.33. The van der Waals surface area contributed by atoms with E-state index in [0.717, 1.165) is 11.4 Å². The quantitative estimate of drug-likeness (QED) is 0.544. The van der Waals surface area contributed by atoms with Gasteiger partial charge in [0.25, 0.3) is 5.91 Å². The Kier molecular flexibility index (Phi) is 4.70. The van der Waals surface area contributed by atoms with E-state index in [-0.39, 0.29) is 5.91 Å². The molecule has 0 saturated heterocycles. The molecule has 7 nitrogen and oxygen atoms in total. The molecule has 4 aromatic rings. The third kappa shape index (κ3) is 3.79. The van der Waals surface area contributed by atoms with Crippen LogP contribution in [-0.2, 0) is 0 Å². The van der Waals surface area contributed by atoms with Crippen LogP contribution in [0.1, 0.15) is 26.5 Å². The number of furan rings is 1. The SMILES string of the molecule is Cc1ccc(-c2nn(-c3ccccc3)cc2C(=O)Nc2ccc(C(N)=O)cc2)o1. The highest BCUT2D eigenvalue weighted by Crippen LogP contribution is 2.26. The van der Waals surface area contributed by atoms with Crippen LogP contribution >= 0.6 is 0 Å². The minimum absolute atomic E-state index is 0.344. The molecule has 0 aliphatic carbocycles. The van der Waals surface area contributed by atoms with Crippen molar-refractivity contribution in [3.8, 4) is 17.1 Å². The van der Waals surface area contributed by atoms with E-state index in [0.29, 0.717) is 28.3 Å². The van der Waals surface area contributed by atoms with Crippen molar-refractivity contribution >= 4 is 17.5 Å². The van der Waals surface area contributed by atoms with Gasteiger partial charge >= 0.3 is 0 Å². The van der Waals surface area contributed by atoms with Gasteiger partial charge in [-0.1, -0.05) is 18.2 Å². The van der Waals surface area contributed by atoms with E-state index < -0.39 is 5.91 Å².